The van der Waals surface area contributed by atoms with Crippen molar-refractivity contribution in [1.29, 1.82) is 0 Å². The molecule has 33 heavy (non-hydrogen) atoms. The zero-order chi connectivity index (χ0) is 24.2. The van der Waals surface area contributed by atoms with Crippen molar-refractivity contribution in [3.05, 3.63) is 18.0 Å². The summed E-state index contributed by atoms with van der Waals surface area (Å²) in [5, 5.41) is 0. The number of hydrogen-bond acceptors (Lipinski definition) is 6. The number of nitrogens with zero attached hydrogens (tertiary/aromatic N) is 5. The first-order valence-corrected chi connectivity index (χ1v) is 11.6. The number of aromatic nitrogens is 2. The van der Waals surface area contributed by atoms with Crippen molar-refractivity contribution in [1.82, 2.24) is 19.8 Å². The van der Waals surface area contributed by atoms with E-state index in [-0.39, 0.29) is 35.6 Å². The highest BCUT2D eigenvalue weighted by atomic mass is 19.4. The van der Waals surface area contributed by atoms with E-state index in [4.69, 9.17) is 4.74 Å². The second kappa shape index (κ2) is 8.29. The third-order valence-electron chi connectivity index (χ3n) is 6.78. The van der Waals surface area contributed by atoms with Crippen molar-refractivity contribution < 1.29 is 22.7 Å². The second-order valence-corrected chi connectivity index (χ2v) is 11.4. The van der Waals surface area contributed by atoms with Gasteiger partial charge in [-0.25, -0.2) is 14.8 Å². The summed E-state index contributed by atoms with van der Waals surface area (Å²) in [5.74, 6) is 0.237. The van der Waals surface area contributed by atoms with Crippen LogP contribution in [0.25, 0.3) is 0 Å². The Kier molecular flexibility index (Phi) is 6.04. The molecule has 10 heteroatoms. The zero-order valence-electron chi connectivity index (χ0n) is 20.0. The average molecular weight is 470 g/mol. The van der Waals surface area contributed by atoms with Gasteiger partial charge in [-0.1, -0.05) is 20.8 Å². The number of rotatable bonds is 3. The summed E-state index contributed by atoms with van der Waals surface area (Å²) < 4.78 is 44.1. The van der Waals surface area contributed by atoms with Gasteiger partial charge in [0.2, 0.25) is 5.95 Å². The van der Waals surface area contributed by atoms with Crippen LogP contribution in [-0.4, -0.2) is 76.8 Å². The van der Waals surface area contributed by atoms with E-state index >= 15 is 0 Å². The highest BCUT2D eigenvalue weighted by molar-refractivity contribution is 5.69. The molecule has 2 atom stereocenters. The first-order valence-electron chi connectivity index (χ1n) is 11.6. The molecule has 2 aliphatic heterocycles. The Morgan fingerprint density at radius 1 is 1.09 bits per heavy atom. The SMILES string of the molecule is C[C@@H]1CN(c2ncc(C(F)(F)F)cn2)C[C@H](C)N1C(=O)OC1CC2(C1)CN(CC(C)(C)C)C2. The fourth-order valence-electron chi connectivity index (χ4n) is 5.61. The summed E-state index contributed by atoms with van der Waals surface area (Å²) in [6, 6.07) is -0.348. The van der Waals surface area contributed by atoms with Crippen LogP contribution in [0.2, 0.25) is 0 Å². The van der Waals surface area contributed by atoms with Crippen LogP contribution >= 0.6 is 0 Å². The quantitative estimate of drug-likeness (QED) is 0.666. The summed E-state index contributed by atoms with van der Waals surface area (Å²) in [6.45, 7) is 14.7. The van der Waals surface area contributed by atoms with Gasteiger partial charge in [0.1, 0.15) is 6.10 Å². The normalized spacial score (nSPS) is 26.2. The van der Waals surface area contributed by atoms with E-state index in [9.17, 15) is 18.0 Å². The standard InChI is InChI=1S/C23H34F3N5O2/c1-15-10-30(19-27-8-17(9-28-19)23(24,25)26)11-16(2)31(15)20(32)33-18-6-22(7-18)13-29(14-22)12-21(3,4)5/h8-9,15-16,18H,6-7,10-14H2,1-5H3/t15-,16+. The summed E-state index contributed by atoms with van der Waals surface area (Å²) in [7, 11) is 0. The number of amides is 1. The van der Waals surface area contributed by atoms with Crippen molar-refractivity contribution >= 4 is 12.0 Å². The van der Waals surface area contributed by atoms with Gasteiger partial charge < -0.3 is 14.5 Å². The molecule has 184 valence electrons. The molecule has 0 unspecified atom stereocenters. The number of alkyl halides is 3. The average Bonchev–Trinajstić information content (AvgIpc) is 2.62. The Labute approximate surface area is 193 Å². The Balaban J connectivity index is 1.27. The molecule has 1 aromatic rings. The lowest BCUT2D eigenvalue weighted by molar-refractivity contribution is -0.141. The minimum atomic E-state index is -4.47. The highest BCUT2D eigenvalue weighted by Crippen LogP contribution is 2.50. The van der Waals surface area contributed by atoms with Crippen LogP contribution in [0, 0.1) is 10.8 Å². The van der Waals surface area contributed by atoms with E-state index < -0.39 is 11.7 Å². The van der Waals surface area contributed by atoms with Gasteiger partial charge in [-0.05, 0) is 32.1 Å². The van der Waals surface area contributed by atoms with E-state index in [2.05, 4.69) is 35.6 Å². The molecule has 2 saturated heterocycles. The van der Waals surface area contributed by atoms with E-state index in [1.165, 1.54) is 0 Å². The Hall–Kier alpha value is -2.10. The predicted molar refractivity (Wildman–Crippen MR) is 118 cm³/mol. The molecule has 1 aliphatic carbocycles. The molecule has 1 spiro atoms. The number of hydrogen-bond donors (Lipinski definition) is 0. The summed E-state index contributed by atoms with van der Waals surface area (Å²) in [6.07, 6.45) is -1.38. The third-order valence-corrected chi connectivity index (χ3v) is 6.78. The van der Waals surface area contributed by atoms with Crippen LogP contribution in [-0.2, 0) is 10.9 Å². The van der Waals surface area contributed by atoms with Gasteiger partial charge in [-0.3, -0.25) is 4.90 Å². The van der Waals surface area contributed by atoms with Crippen molar-refractivity contribution in [3.8, 4) is 0 Å². The van der Waals surface area contributed by atoms with Crippen LogP contribution in [0.15, 0.2) is 12.4 Å². The number of anilines is 1. The summed E-state index contributed by atoms with van der Waals surface area (Å²) in [4.78, 5) is 26.7. The number of piperazine rings is 1. The molecule has 3 heterocycles. The summed E-state index contributed by atoms with van der Waals surface area (Å²) >= 11 is 0. The second-order valence-electron chi connectivity index (χ2n) is 11.4. The van der Waals surface area contributed by atoms with Crippen LogP contribution in [0.4, 0.5) is 23.9 Å². The fraction of sp³-hybridized carbons (Fsp3) is 0.783. The monoisotopic (exact) mass is 469 g/mol. The Bertz CT molecular complexity index is 844. The lowest BCUT2D eigenvalue weighted by atomic mass is 9.61. The first kappa shape index (κ1) is 24.0. The minimum absolute atomic E-state index is 0.0371. The van der Waals surface area contributed by atoms with Crippen molar-refractivity contribution in [2.75, 3.05) is 37.6 Å². The maximum absolute atomic E-state index is 12.9. The van der Waals surface area contributed by atoms with Crippen molar-refractivity contribution in [3.63, 3.8) is 0 Å². The molecule has 7 nitrogen and oxygen atoms in total. The zero-order valence-corrected chi connectivity index (χ0v) is 20.0. The fourth-order valence-corrected chi connectivity index (χ4v) is 5.61. The first-order chi connectivity index (χ1) is 15.2. The van der Waals surface area contributed by atoms with E-state index in [0.717, 1.165) is 44.9 Å². The van der Waals surface area contributed by atoms with Gasteiger partial charge in [0, 0.05) is 50.5 Å². The molecular formula is C23H34F3N5O2. The van der Waals surface area contributed by atoms with Crippen LogP contribution in [0.5, 0.6) is 0 Å². The third kappa shape index (κ3) is 5.20. The number of carbonyl (C=O) groups excluding carboxylic acids is 1. The molecule has 1 aromatic heterocycles. The summed E-state index contributed by atoms with van der Waals surface area (Å²) in [5.41, 5.74) is -0.274. The van der Waals surface area contributed by atoms with Crippen LogP contribution in [0.3, 0.4) is 0 Å². The number of ether oxygens (including phenoxy) is 1. The van der Waals surface area contributed by atoms with Gasteiger partial charge in [-0.2, -0.15) is 13.2 Å². The maximum atomic E-state index is 12.9. The molecule has 0 N–H and O–H groups in total. The highest BCUT2D eigenvalue weighted by Gasteiger charge is 2.54. The maximum Gasteiger partial charge on any atom is 0.419 e. The molecule has 1 amide bonds. The van der Waals surface area contributed by atoms with Crippen LogP contribution in [0.1, 0.15) is 53.0 Å². The van der Waals surface area contributed by atoms with Crippen molar-refractivity contribution in [2.24, 2.45) is 10.8 Å². The Morgan fingerprint density at radius 2 is 1.64 bits per heavy atom. The molecule has 3 aliphatic rings. The molecule has 4 rings (SSSR count). The molecular weight excluding hydrogens is 435 g/mol. The van der Waals surface area contributed by atoms with E-state index in [1.807, 2.05) is 18.7 Å². The topological polar surface area (TPSA) is 61.8 Å². The van der Waals surface area contributed by atoms with Crippen LogP contribution < -0.4 is 4.90 Å². The predicted octanol–water partition coefficient (Wildman–Crippen LogP) is 4.04. The van der Waals surface area contributed by atoms with Gasteiger partial charge in [0.15, 0.2) is 0 Å². The van der Waals surface area contributed by atoms with Crippen molar-refractivity contribution in [2.45, 2.75) is 71.8 Å². The molecule has 3 fully saturated rings. The molecule has 0 bridgehead atoms. The number of carbonyl (C=O) groups is 1. The van der Waals surface area contributed by atoms with Gasteiger partial charge >= 0.3 is 12.3 Å². The van der Waals surface area contributed by atoms with E-state index in [1.54, 1.807) is 4.90 Å². The lowest BCUT2D eigenvalue weighted by Crippen LogP contribution is -2.66. The van der Waals surface area contributed by atoms with E-state index in [0.29, 0.717) is 18.5 Å². The molecule has 0 radical (unpaired) electrons. The van der Waals surface area contributed by atoms with Gasteiger partial charge in [0.25, 0.3) is 0 Å². The largest absolute Gasteiger partial charge is 0.446 e. The number of likely N-dealkylation sites (tertiary alicyclic amines) is 1. The molecule has 0 aromatic carbocycles. The number of halogens is 3. The molecule has 1 saturated carbocycles. The minimum Gasteiger partial charge on any atom is -0.446 e. The smallest absolute Gasteiger partial charge is 0.419 e. The van der Waals surface area contributed by atoms with Gasteiger partial charge in [-0.15, -0.1) is 0 Å². The lowest BCUT2D eigenvalue weighted by Gasteiger charge is -2.59. The Morgan fingerprint density at radius 3 is 2.12 bits per heavy atom. The van der Waals surface area contributed by atoms with Gasteiger partial charge in [0.05, 0.1) is 17.6 Å².